The summed E-state index contributed by atoms with van der Waals surface area (Å²) in [7, 11) is 1.88. The largest absolute Gasteiger partial charge is 0.339 e. The van der Waals surface area contributed by atoms with Crippen LogP contribution >= 0.6 is 0 Å². The second kappa shape index (κ2) is 9.08. The molecule has 0 radical (unpaired) electrons. The van der Waals surface area contributed by atoms with E-state index in [9.17, 15) is 4.79 Å². The van der Waals surface area contributed by atoms with Crippen LogP contribution in [0.3, 0.4) is 0 Å². The predicted molar refractivity (Wildman–Crippen MR) is 124 cm³/mol. The van der Waals surface area contributed by atoms with Crippen molar-refractivity contribution in [1.82, 2.24) is 29.5 Å². The van der Waals surface area contributed by atoms with Crippen LogP contribution in [0.25, 0.3) is 11.3 Å². The first-order chi connectivity index (χ1) is 15.7. The van der Waals surface area contributed by atoms with E-state index in [1.807, 2.05) is 48.5 Å². The molecule has 0 aliphatic carbocycles. The summed E-state index contributed by atoms with van der Waals surface area (Å²) in [5, 5.41) is 7.42. The van der Waals surface area contributed by atoms with E-state index >= 15 is 0 Å². The summed E-state index contributed by atoms with van der Waals surface area (Å²) in [4.78, 5) is 26.4. The summed E-state index contributed by atoms with van der Waals surface area (Å²) >= 11 is 0. The van der Waals surface area contributed by atoms with Gasteiger partial charge in [0.2, 0.25) is 5.95 Å². The van der Waals surface area contributed by atoms with Gasteiger partial charge >= 0.3 is 0 Å². The van der Waals surface area contributed by atoms with Crippen LogP contribution in [-0.4, -0.2) is 67.7 Å². The van der Waals surface area contributed by atoms with Gasteiger partial charge in [-0.2, -0.15) is 5.10 Å². The lowest BCUT2D eigenvalue weighted by Crippen LogP contribution is -2.45. The molecule has 5 rings (SSSR count). The molecule has 8 nitrogen and oxygen atoms in total. The van der Waals surface area contributed by atoms with Crippen LogP contribution < -0.4 is 5.32 Å². The fourth-order valence-corrected chi connectivity index (χ4v) is 4.68. The summed E-state index contributed by atoms with van der Waals surface area (Å²) in [5.74, 6) is 0.626. The highest BCUT2D eigenvalue weighted by Crippen LogP contribution is 2.23. The Balaban J connectivity index is 1.20. The number of benzene rings is 1. The van der Waals surface area contributed by atoms with Gasteiger partial charge in [-0.3, -0.25) is 9.48 Å². The molecule has 2 aliphatic heterocycles. The van der Waals surface area contributed by atoms with Gasteiger partial charge in [0.1, 0.15) is 0 Å². The molecule has 166 valence electrons. The molecule has 1 aromatic carbocycles. The Morgan fingerprint density at radius 3 is 2.47 bits per heavy atom. The number of nitrogens with zero attached hydrogens (tertiary/aromatic N) is 6. The minimum atomic E-state index is 0.117. The summed E-state index contributed by atoms with van der Waals surface area (Å²) in [6.45, 7) is 4.13. The number of hydrogen-bond acceptors (Lipinski definition) is 6. The molecule has 0 spiro atoms. The van der Waals surface area contributed by atoms with E-state index in [0.717, 1.165) is 48.4 Å². The molecule has 0 atom stereocenters. The lowest BCUT2D eigenvalue weighted by molar-refractivity contribution is 0.0644. The minimum Gasteiger partial charge on any atom is -0.339 e. The summed E-state index contributed by atoms with van der Waals surface area (Å²) in [6, 6.07) is 10.1. The Morgan fingerprint density at radius 1 is 1.03 bits per heavy atom. The van der Waals surface area contributed by atoms with Crippen molar-refractivity contribution in [2.75, 3.05) is 31.5 Å². The monoisotopic (exact) mass is 431 g/mol. The third kappa shape index (κ3) is 4.50. The van der Waals surface area contributed by atoms with Crippen molar-refractivity contribution in [3.63, 3.8) is 0 Å². The first kappa shape index (κ1) is 20.6. The Labute approximate surface area is 188 Å². The molecule has 2 aromatic heterocycles. The van der Waals surface area contributed by atoms with Gasteiger partial charge in [0, 0.05) is 55.4 Å². The summed E-state index contributed by atoms with van der Waals surface area (Å²) in [6.07, 6.45) is 10.2. The number of carbonyl (C=O) groups excluding carboxylic acids is 1. The Morgan fingerprint density at radius 2 is 1.78 bits per heavy atom. The molecule has 8 heteroatoms. The number of piperidine rings is 1. The topological polar surface area (TPSA) is 79.2 Å². The molecule has 0 unspecified atom stereocenters. The number of likely N-dealkylation sites (tertiary alicyclic amines) is 2. The highest BCUT2D eigenvalue weighted by atomic mass is 16.2. The number of anilines is 2. The van der Waals surface area contributed by atoms with Crippen molar-refractivity contribution < 1.29 is 4.79 Å². The van der Waals surface area contributed by atoms with Gasteiger partial charge in [-0.1, -0.05) is 0 Å². The van der Waals surface area contributed by atoms with Gasteiger partial charge in [-0.25, -0.2) is 9.97 Å². The van der Waals surface area contributed by atoms with Gasteiger partial charge in [0.05, 0.1) is 11.9 Å². The lowest BCUT2D eigenvalue weighted by atomic mass is 10.0. The molecule has 0 saturated carbocycles. The molecule has 2 aliphatic rings. The number of rotatable bonds is 5. The lowest BCUT2D eigenvalue weighted by Gasteiger charge is -2.36. The molecule has 0 bridgehead atoms. The average Bonchev–Trinajstić information content (AvgIpc) is 3.52. The first-order valence-corrected chi connectivity index (χ1v) is 11.4. The van der Waals surface area contributed by atoms with Crippen LogP contribution in [0.4, 0.5) is 11.6 Å². The molecule has 2 fully saturated rings. The zero-order chi connectivity index (χ0) is 21.9. The Bertz CT molecular complexity index is 1060. The maximum atomic E-state index is 13.0. The fourth-order valence-electron chi connectivity index (χ4n) is 4.68. The van der Waals surface area contributed by atoms with Crippen molar-refractivity contribution in [3.05, 3.63) is 54.5 Å². The van der Waals surface area contributed by atoms with Crippen molar-refractivity contribution in [1.29, 1.82) is 0 Å². The molecule has 2 saturated heterocycles. The second-order valence-electron chi connectivity index (χ2n) is 8.64. The molecule has 1 N–H and O–H groups in total. The molecule has 32 heavy (non-hydrogen) atoms. The van der Waals surface area contributed by atoms with E-state index in [1.165, 1.54) is 25.9 Å². The Hall–Kier alpha value is -3.26. The quantitative estimate of drug-likeness (QED) is 0.668. The third-order valence-corrected chi connectivity index (χ3v) is 6.45. The third-order valence-electron chi connectivity index (χ3n) is 6.45. The SMILES string of the molecule is Cn1cc(-c2ccnc(Nc3ccc(C(=O)N4CCC(N5CCCC5)CC4)cc3)n2)cn1. The fraction of sp³-hybridized carbons (Fsp3) is 0.417. The van der Waals surface area contributed by atoms with Crippen LogP contribution in [-0.2, 0) is 7.05 Å². The standard InChI is InChI=1S/C24H29N7O/c1-29-17-19(16-26-29)22-8-11-25-24(28-22)27-20-6-4-18(5-7-20)23(32)31-14-9-21(10-15-31)30-12-2-3-13-30/h4-8,11,16-17,21H,2-3,9-10,12-15H2,1H3,(H,25,27,28). The van der Waals surface area contributed by atoms with E-state index < -0.39 is 0 Å². The number of nitrogens with one attached hydrogen (secondary N) is 1. The van der Waals surface area contributed by atoms with Gasteiger partial charge in [0.25, 0.3) is 5.91 Å². The number of aryl methyl sites for hydroxylation is 1. The molecular formula is C24H29N7O. The van der Waals surface area contributed by atoms with Crippen molar-refractivity contribution in [2.45, 2.75) is 31.7 Å². The average molecular weight is 432 g/mol. The number of hydrogen-bond donors (Lipinski definition) is 1. The maximum absolute atomic E-state index is 13.0. The minimum absolute atomic E-state index is 0.117. The molecule has 3 aromatic rings. The number of amides is 1. The van der Waals surface area contributed by atoms with E-state index in [1.54, 1.807) is 17.1 Å². The van der Waals surface area contributed by atoms with Gasteiger partial charge < -0.3 is 15.1 Å². The van der Waals surface area contributed by atoms with E-state index in [-0.39, 0.29) is 5.91 Å². The van der Waals surface area contributed by atoms with Gasteiger partial charge in [-0.05, 0) is 69.1 Å². The molecular weight excluding hydrogens is 402 g/mol. The van der Waals surface area contributed by atoms with Crippen molar-refractivity contribution in [2.24, 2.45) is 7.05 Å². The molecule has 1 amide bonds. The van der Waals surface area contributed by atoms with Crippen LogP contribution in [0.2, 0.25) is 0 Å². The normalized spacial score (nSPS) is 17.6. The van der Waals surface area contributed by atoms with Crippen LogP contribution in [0.1, 0.15) is 36.0 Å². The van der Waals surface area contributed by atoms with Crippen molar-refractivity contribution in [3.8, 4) is 11.3 Å². The van der Waals surface area contributed by atoms with Gasteiger partial charge in [0.15, 0.2) is 0 Å². The highest BCUT2D eigenvalue weighted by Gasteiger charge is 2.28. The highest BCUT2D eigenvalue weighted by molar-refractivity contribution is 5.94. The smallest absolute Gasteiger partial charge is 0.253 e. The van der Waals surface area contributed by atoms with Crippen molar-refractivity contribution >= 4 is 17.5 Å². The molecule has 4 heterocycles. The van der Waals surface area contributed by atoms with Crippen LogP contribution in [0.5, 0.6) is 0 Å². The maximum Gasteiger partial charge on any atom is 0.253 e. The van der Waals surface area contributed by atoms with Crippen LogP contribution in [0, 0.1) is 0 Å². The van der Waals surface area contributed by atoms with E-state index in [0.29, 0.717) is 12.0 Å². The number of aromatic nitrogens is 4. The number of carbonyl (C=O) groups is 1. The van der Waals surface area contributed by atoms with Crippen LogP contribution in [0.15, 0.2) is 48.9 Å². The van der Waals surface area contributed by atoms with Gasteiger partial charge in [-0.15, -0.1) is 0 Å². The van der Waals surface area contributed by atoms with E-state index in [2.05, 4.69) is 25.3 Å². The second-order valence-corrected chi connectivity index (χ2v) is 8.64. The summed E-state index contributed by atoms with van der Waals surface area (Å²) in [5.41, 5.74) is 3.31. The predicted octanol–water partition coefficient (Wildman–Crippen LogP) is 3.32. The zero-order valence-corrected chi connectivity index (χ0v) is 18.4. The Kier molecular flexibility index (Phi) is 5.85. The van der Waals surface area contributed by atoms with E-state index in [4.69, 9.17) is 0 Å². The summed E-state index contributed by atoms with van der Waals surface area (Å²) < 4.78 is 1.75. The zero-order valence-electron chi connectivity index (χ0n) is 18.4. The first-order valence-electron chi connectivity index (χ1n) is 11.4.